The molecule has 0 bridgehead atoms. The smallest absolute Gasteiger partial charge is 0.323 e. The zero-order valence-corrected chi connectivity index (χ0v) is 14.6. The molecule has 0 unspecified atom stereocenters. The Hall–Kier alpha value is -2.73. The molecule has 0 saturated heterocycles. The second-order valence-electron chi connectivity index (χ2n) is 5.80. The maximum atomic E-state index is 12.4. The summed E-state index contributed by atoms with van der Waals surface area (Å²) in [7, 11) is 0. The fourth-order valence-electron chi connectivity index (χ4n) is 2.52. The van der Waals surface area contributed by atoms with E-state index in [1.807, 2.05) is 19.1 Å². The Bertz CT molecular complexity index is 963. The van der Waals surface area contributed by atoms with E-state index in [4.69, 9.17) is 16.3 Å². The van der Waals surface area contributed by atoms with Crippen LogP contribution < -0.4 is 15.7 Å². The third kappa shape index (κ3) is 3.85. The van der Waals surface area contributed by atoms with E-state index in [2.05, 4.69) is 15.3 Å². The molecular formula is C18H18ClN3O3. The molecule has 130 valence electrons. The molecule has 0 fully saturated rings. The third-order valence-electron chi connectivity index (χ3n) is 3.91. The Morgan fingerprint density at radius 2 is 1.84 bits per heavy atom. The summed E-state index contributed by atoms with van der Waals surface area (Å²) in [5, 5.41) is 3.35. The van der Waals surface area contributed by atoms with Gasteiger partial charge in [0.25, 0.3) is 5.91 Å². The largest absolute Gasteiger partial charge is 0.479 e. The van der Waals surface area contributed by atoms with Gasteiger partial charge < -0.3 is 20.0 Å². The summed E-state index contributed by atoms with van der Waals surface area (Å²) in [5.74, 6) is 0.209. The molecule has 0 aliphatic heterocycles. The number of hydrogen-bond acceptors (Lipinski definition) is 3. The molecule has 1 amide bonds. The Morgan fingerprint density at radius 1 is 1.12 bits per heavy atom. The molecule has 3 rings (SSSR count). The fraction of sp³-hybridized carbons (Fsp3) is 0.222. The molecule has 3 aromatic rings. The number of amides is 1. The van der Waals surface area contributed by atoms with Crippen LogP contribution in [-0.2, 0) is 4.79 Å². The highest BCUT2D eigenvalue weighted by atomic mass is 35.5. The van der Waals surface area contributed by atoms with Gasteiger partial charge in [-0.3, -0.25) is 4.79 Å². The number of benzene rings is 2. The van der Waals surface area contributed by atoms with Crippen molar-refractivity contribution in [3.05, 3.63) is 63.5 Å². The normalized spacial score (nSPS) is 13.4. The van der Waals surface area contributed by atoms with Crippen LogP contribution in [0.2, 0.25) is 5.02 Å². The van der Waals surface area contributed by atoms with Gasteiger partial charge in [-0.25, -0.2) is 4.79 Å². The molecule has 7 heteroatoms. The van der Waals surface area contributed by atoms with Crippen LogP contribution in [0, 0.1) is 0 Å². The Balaban J connectivity index is 1.68. The van der Waals surface area contributed by atoms with Crippen LogP contribution >= 0.6 is 11.6 Å². The van der Waals surface area contributed by atoms with Gasteiger partial charge in [-0.05, 0) is 43.7 Å². The summed E-state index contributed by atoms with van der Waals surface area (Å²) < 4.78 is 5.62. The summed E-state index contributed by atoms with van der Waals surface area (Å²) >= 11 is 6.04. The Morgan fingerprint density at radius 3 is 2.60 bits per heavy atom. The average Bonchev–Trinajstić information content (AvgIpc) is 2.95. The van der Waals surface area contributed by atoms with E-state index in [0.29, 0.717) is 16.3 Å². The van der Waals surface area contributed by atoms with Crippen molar-refractivity contribution >= 4 is 28.5 Å². The number of imidazole rings is 1. The van der Waals surface area contributed by atoms with Crippen molar-refractivity contribution < 1.29 is 9.53 Å². The molecule has 0 saturated carbocycles. The monoisotopic (exact) mass is 359 g/mol. The number of para-hydroxylation sites is 1. The van der Waals surface area contributed by atoms with Crippen molar-refractivity contribution in [1.82, 2.24) is 15.3 Å². The zero-order valence-electron chi connectivity index (χ0n) is 13.8. The number of aromatic amines is 2. The molecular weight excluding hydrogens is 342 g/mol. The minimum Gasteiger partial charge on any atom is -0.479 e. The van der Waals surface area contributed by atoms with E-state index in [1.165, 1.54) is 0 Å². The molecule has 0 spiro atoms. The number of carbonyl (C=O) groups excluding carboxylic acids is 1. The number of aromatic nitrogens is 2. The molecule has 3 N–H and O–H groups in total. The van der Waals surface area contributed by atoms with Gasteiger partial charge >= 0.3 is 5.69 Å². The van der Waals surface area contributed by atoms with Crippen molar-refractivity contribution in [3.63, 3.8) is 0 Å². The lowest BCUT2D eigenvalue weighted by Gasteiger charge is -2.19. The van der Waals surface area contributed by atoms with E-state index in [1.54, 1.807) is 37.3 Å². The van der Waals surface area contributed by atoms with Crippen molar-refractivity contribution in [2.24, 2.45) is 0 Å². The van der Waals surface area contributed by atoms with Gasteiger partial charge in [0.1, 0.15) is 5.75 Å². The van der Waals surface area contributed by atoms with E-state index in [-0.39, 0.29) is 17.6 Å². The van der Waals surface area contributed by atoms with Crippen LogP contribution in [0.15, 0.2) is 47.3 Å². The number of fused-ring (bicyclic) bond motifs is 1. The molecule has 1 aromatic heterocycles. The summed E-state index contributed by atoms with van der Waals surface area (Å²) in [6, 6.07) is 12.3. The van der Waals surface area contributed by atoms with Gasteiger partial charge in [-0.15, -0.1) is 0 Å². The molecule has 0 radical (unpaired) electrons. The number of hydrogen-bond donors (Lipinski definition) is 3. The number of ether oxygens (including phenoxy) is 1. The summed E-state index contributed by atoms with van der Waals surface area (Å²) in [6.07, 6.45) is -0.696. The van der Waals surface area contributed by atoms with Gasteiger partial charge in [0.2, 0.25) is 0 Å². The second-order valence-corrected chi connectivity index (χ2v) is 6.21. The lowest BCUT2D eigenvalue weighted by atomic mass is 10.1. The summed E-state index contributed by atoms with van der Waals surface area (Å²) in [6.45, 7) is 3.53. The van der Waals surface area contributed by atoms with E-state index in [9.17, 15) is 9.59 Å². The molecule has 0 aliphatic rings. The number of carbonyl (C=O) groups is 1. The third-order valence-corrected chi connectivity index (χ3v) is 4.22. The molecule has 0 aliphatic carbocycles. The number of rotatable bonds is 5. The lowest BCUT2D eigenvalue weighted by Crippen LogP contribution is -2.37. The van der Waals surface area contributed by atoms with Crippen molar-refractivity contribution in [3.8, 4) is 5.75 Å². The van der Waals surface area contributed by atoms with Gasteiger partial charge in [-0.2, -0.15) is 0 Å². The Labute approximate surface area is 149 Å². The second kappa shape index (κ2) is 7.03. The van der Waals surface area contributed by atoms with E-state index in [0.717, 1.165) is 11.1 Å². The van der Waals surface area contributed by atoms with Crippen molar-refractivity contribution in [1.29, 1.82) is 0 Å². The SMILES string of the molecule is C[C@H](NC(=O)[C@@H](C)Oc1ccccc1Cl)c1ccc2[nH]c(=O)[nH]c2c1. The quantitative estimate of drug-likeness (QED) is 0.654. The first-order valence-electron chi connectivity index (χ1n) is 7.87. The van der Waals surface area contributed by atoms with Crippen LogP contribution in [0.3, 0.4) is 0 Å². The number of nitrogens with one attached hydrogen (secondary N) is 3. The van der Waals surface area contributed by atoms with E-state index < -0.39 is 6.10 Å². The van der Waals surface area contributed by atoms with Crippen LogP contribution in [-0.4, -0.2) is 22.0 Å². The minimum atomic E-state index is -0.696. The topological polar surface area (TPSA) is 87.0 Å². The standard InChI is InChI=1S/C18H18ClN3O3/c1-10(12-7-8-14-15(9-12)22-18(24)21-14)20-17(23)11(2)25-16-6-4-3-5-13(16)19/h3-11H,1-2H3,(H,20,23)(H2,21,22,24)/t10-,11+/m0/s1. The highest BCUT2D eigenvalue weighted by Gasteiger charge is 2.19. The fourth-order valence-corrected chi connectivity index (χ4v) is 2.70. The Kier molecular flexibility index (Phi) is 4.81. The van der Waals surface area contributed by atoms with Crippen molar-refractivity contribution in [2.75, 3.05) is 0 Å². The maximum absolute atomic E-state index is 12.4. The summed E-state index contributed by atoms with van der Waals surface area (Å²) in [4.78, 5) is 29.1. The zero-order chi connectivity index (χ0) is 18.0. The molecule has 2 atom stereocenters. The van der Waals surface area contributed by atoms with Gasteiger partial charge in [-0.1, -0.05) is 29.8 Å². The van der Waals surface area contributed by atoms with Crippen LogP contribution in [0.25, 0.3) is 11.0 Å². The van der Waals surface area contributed by atoms with Crippen LogP contribution in [0.4, 0.5) is 0 Å². The van der Waals surface area contributed by atoms with Crippen LogP contribution in [0.1, 0.15) is 25.5 Å². The molecule has 2 aromatic carbocycles. The lowest BCUT2D eigenvalue weighted by molar-refractivity contribution is -0.127. The van der Waals surface area contributed by atoms with Gasteiger partial charge in [0, 0.05) is 0 Å². The highest BCUT2D eigenvalue weighted by molar-refractivity contribution is 6.32. The first-order valence-corrected chi connectivity index (χ1v) is 8.25. The predicted octanol–water partition coefficient (Wildman–Crippen LogP) is 3.15. The van der Waals surface area contributed by atoms with Crippen LogP contribution in [0.5, 0.6) is 5.75 Å². The molecule has 6 nitrogen and oxygen atoms in total. The highest BCUT2D eigenvalue weighted by Crippen LogP contribution is 2.24. The van der Waals surface area contributed by atoms with E-state index >= 15 is 0 Å². The number of halogens is 1. The van der Waals surface area contributed by atoms with Gasteiger partial charge in [0.15, 0.2) is 6.10 Å². The molecule has 1 heterocycles. The summed E-state index contributed by atoms with van der Waals surface area (Å²) in [5.41, 5.74) is 2.04. The first kappa shape index (κ1) is 17.1. The van der Waals surface area contributed by atoms with Gasteiger partial charge in [0.05, 0.1) is 22.1 Å². The van der Waals surface area contributed by atoms with Crippen molar-refractivity contribution in [2.45, 2.75) is 26.0 Å². The first-order chi connectivity index (χ1) is 11.9. The maximum Gasteiger partial charge on any atom is 0.323 e. The number of H-pyrrole nitrogens is 2. The minimum absolute atomic E-state index is 0.243. The predicted molar refractivity (Wildman–Crippen MR) is 97.0 cm³/mol. The molecule has 25 heavy (non-hydrogen) atoms. The average molecular weight is 360 g/mol.